The third-order valence-electron chi connectivity index (χ3n) is 5.55. The van der Waals surface area contributed by atoms with Gasteiger partial charge in [0.25, 0.3) is 5.91 Å². The Balaban J connectivity index is 1.77. The topological polar surface area (TPSA) is 55.4 Å². The lowest BCUT2D eigenvalue weighted by Crippen LogP contribution is -2.52. The summed E-state index contributed by atoms with van der Waals surface area (Å²) in [7, 11) is 0. The third-order valence-corrected chi connectivity index (χ3v) is 6.63. The molecule has 0 unspecified atom stereocenters. The Kier molecular flexibility index (Phi) is 7.45. The van der Waals surface area contributed by atoms with E-state index < -0.39 is 0 Å². The molecular weight excluding hydrogens is 384 g/mol. The number of rotatable bonds is 7. The van der Waals surface area contributed by atoms with Crippen molar-refractivity contribution >= 4 is 28.9 Å². The molecule has 29 heavy (non-hydrogen) atoms. The van der Waals surface area contributed by atoms with Gasteiger partial charge in [-0.1, -0.05) is 30.3 Å². The Morgan fingerprint density at radius 3 is 2.45 bits per heavy atom. The van der Waals surface area contributed by atoms with E-state index in [2.05, 4.69) is 29.6 Å². The average Bonchev–Trinajstić information content (AvgIpc) is 2.91. The van der Waals surface area contributed by atoms with E-state index >= 15 is 0 Å². The first kappa shape index (κ1) is 21.5. The van der Waals surface area contributed by atoms with Gasteiger partial charge in [0.2, 0.25) is 0 Å². The van der Waals surface area contributed by atoms with Gasteiger partial charge in [-0.3, -0.25) is 4.79 Å². The lowest BCUT2D eigenvalue weighted by Gasteiger charge is -2.37. The molecule has 0 saturated carbocycles. The molecule has 1 aliphatic heterocycles. The van der Waals surface area contributed by atoms with E-state index in [0.717, 1.165) is 42.5 Å². The molecule has 6 heteroatoms. The van der Waals surface area contributed by atoms with Crippen LogP contribution in [0.5, 0.6) is 0 Å². The van der Waals surface area contributed by atoms with Crippen LogP contribution in [0.15, 0.2) is 35.7 Å². The van der Waals surface area contributed by atoms with E-state index in [0.29, 0.717) is 23.7 Å². The molecule has 1 aromatic heterocycles. The molecule has 1 amide bonds. The van der Waals surface area contributed by atoms with Crippen LogP contribution in [-0.4, -0.2) is 42.6 Å². The smallest absolute Gasteiger partial charge is 0.350 e. The fraction of sp³-hybridized carbons (Fsp3) is 0.478. The number of esters is 1. The van der Waals surface area contributed by atoms with E-state index in [-0.39, 0.29) is 11.9 Å². The Labute approximate surface area is 177 Å². The average molecular weight is 416 g/mol. The van der Waals surface area contributed by atoms with Gasteiger partial charge in [0.05, 0.1) is 25.4 Å². The minimum absolute atomic E-state index is 0.0325. The summed E-state index contributed by atoms with van der Waals surface area (Å²) in [5.41, 5.74) is 2.77. The maximum Gasteiger partial charge on any atom is 0.350 e. The summed E-state index contributed by atoms with van der Waals surface area (Å²) >= 11 is 1.32. The van der Waals surface area contributed by atoms with Gasteiger partial charge in [-0.05, 0) is 50.5 Å². The molecule has 2 aromatic rings. The Morgan fingerprint density at radius 2 is 1.79 bits per heavy atom. The first-order valence-electron chi connectivity index (χ1n) is 10.5. The fourth-order valence-corrected chi connectivity index (χ4v) is 5.03. The molecule has 5 nitrogen and oxygen atoms in total. The summed E-state index contributed by atoms with van der Waals surface area (Å²) in [6.07, 6.45) is 4.75. The highest BCUT2D eigenvalue weighted by atomic mass is 32.1. The van der Waals surface area contributed by atoms with Crippen molar-refractivity contribution in [1.82, 2.24) is 0 Å². The second-order valence-electron chi connectivity index (χ2n) is 7.90. The van der Waals surface area contributed by atoms with E-state index in [9.17, 15) is 9.59 Å². The van der Waals surface area contributed by atoms with E-state index in [4.69, 9.17) is 4.74 Å². The van der Waals surface area contributed by atoms with Crippen LogP contribution in [0.25, 0.3) is 0 Å². The lowest BCUT2D eigenvalue weighted by molar-refractivity contribution is -0.932. The largest absolute Gasteiger partial charge is 0.462 e. The van der Waals surface area contributed by atoms with Gasteiger partial charge < -0.3 is 14.5 Å². The number of nitrogens with zero attached hydrogens (tertiary/aromatic N) is 1. The second-order valence-corrected chi connectivity index (χ2v) is 8.78. The number of carbonyl (C=O) groups is 2. The molecule has 2 heterocycles. The van der Waals surface area contributed by atoms with Gasteiger partial charge in [-0.25, -0.2) is 4.79 Å². The van der Waals surface area contributed by atoms with E-state index in [1.54, 1.807) is 6.92 Å². The minimum Gasteiger partial charge on any atom is -0.462 e. The number of carbonyl (C=O) groups excluding carboxylic acids is 2. The zero-order valence-corrected chi connectivity index (χ0v) is 18.2. The number of aryl methyl sites for hydroxylation is 1. The zero-order chi connectivity index (χ0) is 20.7. The van der Waals surface area contributed by atoms with Crippen molar-refractivity contribution in [3.05, 3.63) is 51.7 Å². The van der Waals surface area contributed by atoms with Crippen molar-refractivity contribution in [1.29, 1.82) is 0 Å². The van der Waals surface area contributed by atoms with Crippen LogP contribution in [0.3, 0.4) is 0 Å². The van der Waals surface area contributed by atoms with Gasteiger partial charge >= 0.3 is 5.97 Å². The number of likely N-dealkylation sites (tertiary alicyclic amines) is 1. The summed E-state index contributed by atoms with van der Waals surface area (Å²) in [5, 5.41) is 4.92. The molecule has 0 atom stereocenters. The van der Waals surface area contributed by atoms with Crippen LogP contribution in [-0.2, 0) is 16.1 Å². The summed E-state index contributed by atoms with van der Waals surface area (Å²) in [6.45, 7) is 7.32. The van der Waals surface area contributed by atoms with E-state index in [1.807, 2.05) is 18.4 Å². The van der Waals surface area contributed by atoms with Crippen molar-refractivity contribution < 1.29 is 18.8 Å². The number of hydrogen-bond donors (Lipinski definition) is 1. The molecular formula is C23H31N2O3S+. The SMILES string of the molecule is CCOC(=O)c1scc(C)c1NC(=O)C[N+]1(Cc2ccccc2)CCCCCC1. The van der Waals surface area contributed by atoms with Crippen molar-refractivity contribution in [3.8, 4) is 0 Å². The quantitative estimate of drug-likeness (QED) is 0.524. The number of ether oxygens (including phenoxy) is 1. The summed E-state index contributed by atoms with van der Waals surface area (Å²) in [4.78, 5) is 25.8. The van der Waals surface area contributed by atoms with Crippen molar-refractivity contribution in [2.24, 2.45) is 0 Å². The number of amides is 1. The molecule has 0 aliphatic carbocycles. The molecule has 156 valence electrons. The van der Waals surface area contributed by atoms with Crippen molar-refractivity contribution in [3.63, 3.8) is 0 Å². The van der Waals surface area contributed by atoms with Crippen LogP contribution < -0.4 is 5.32 Å². The molecule has 0 bridgehead atoms. The van der Waals surface area contributed by atoms with Gasteiger partial charge in [-0.2, -0.15) is 0 Å². The Hall–Kier alpha value is -2.18. The molecule has 0 spiro atoms. The minimum atomic E-state index is -0.371. The predicted octanol–water partition coefficient (Wildman–Crippen LogP) is 4.76. The lowest BCUT2D eigenvalue weighted by atomic mass is 10.1. The zero-order valence-electron chi connectivity index (χ0n) is 17.4. The monoisotopic (exact) mass is 415 g/mol. The molecule has 1 N–H and O–H groups in total. The third kappa shape index (κ3) is 5.67. The summed E-state index contributed by atoms with van der Waals surface area (Å²) < 4.78 is 5.92. The number of anilines is 1. The maximum atomic E-state index is 13.1. The van der Waals surface area contributed by atoms with Gasteiger partial charge in [-0.15, -0.1) is 11.3 Å². The second kappa shape index (κ2) is 10.0. The highest BCUT2D eigenvalue weighted by molar-refractivity contribution is 7.12. The molecule has 1 aliphatic rings. The van der Waals surface area contributed by atoms with Crippen LogP contribution >= 0.6 is 11.3 Å². The fourth-order valence-electron chi connectivity index (χ4n) is 4.13. The maximum absolute atomic E-state index is 13.1. The highest BCUT2D eigenvalue weighted by Gasteiger charge is 2.32. The van der Waals surface area contributed by atoms with Crippen LogP contribution in [0.4, 0.5) is 5.69 Å². The van der Waals surface area contributed by atoms with Crippen LogP contribution in [0, 0.1) is 6.92 Å². The molecule has 1 aromatic carbocycles. The predicted molar refractivity (Wildman–Crippen MR) is 117 cm³/mol. The molecule has 1 saturated heterocycles. The van der Waals surface area contributed by atoms with Gasteiger partial charge in [0.15, 0.2) is 6.54 Å². The molecule has 1 fully saturated rings. The van der Waals surface area contributed by atoms with Gasteiger partial charge in [0, 0.05) is 5.56 Å². The number of benzene rings is 1. The number of nitrogens with one attached hydrogen (secondary N) is 1. The van der Waals surface area contributed by atoms with Gasteiger partial charge in [0.1, 0.15) is 11.4 Å². The molecule has 0 radical (unpaired) electrons. The molecule has 3 rings (SSSR count). The summed E-state index contributed by atoms with van der Waals surface area (Å²) in [6, 6.07) is 10.4. The van der Waals surface area contributed by atoms with Crippen LogP contribution in [0.2, 0.25) is 0 Å². The first-order chi connectivity index (χ1) is 14.0. The Bertz CT molecular complexity index is 824. The van der Waals surface area contributed by atoms with Crippen molar-refractivity contribution in [2.75, 3.05) is 31.6 Å². The highest BCUT2D eigenvalue weighted by Crippen LogP contribution is 2.29. The normalized spacial score (nSPS) is 16.1. The number of thiophene rings is 1. The van der Waals surface area contributed by atoms with Crippen LogP contribution in [0.1, 0.15) is 53.4 Å². The Morgan fingerprint density at radius 1 is 1.10 bits per heavy atom. The van der Waals surface area contributed by atoms with E-state index in [1.165, 1.54) is 29.7 Å². The summed E-state index contributed by atoms with van der Waals surface area (Å²) in [5.74, 6) is -0.404. The van der Waals surface area contributed by atoms with Crippen molar-refractivity contribution in [2.45, 2.75) is 46.1 Å². The number of hydrogen-bond acceptors (Lipinski definition) is 4. The first-order valence-corrected chi connectivity index (χ1v) is 11.3. The standard InChI is InChI=1S/C23H30N2O3S/c1-3-28-23(27)22-21(18(2)17-29-22)24-20(26)16-25(13-9-4-5-10-14-25)15-19-11-7-6-8-12-19/h6-8,11-12,17H,3-5,9-10,13-16H2,1-2H3/p+1. The number of quaternary nitrogens is 1.